The summed E-state index contributed by atoms with van der Waals surface area (Å²) >= 11 is 1.78. The second kappa shape index (κ2) is 4.25. The van der Waals surface area contributed by atoms with Crippen molar-refractivity contribution in [1.82, 2.24) is 0 Å². The van der Waals surface area contributed by atoms with Gasteiger partial charge in [-0.1, -0.05) is 25.3 Å². The maximum Gasteiger partial charge on any atom is 0.0616 e. The Hall–Kier alpha value is -0.340. The van der Waals surface area contributed by atoms with Crippen molar-refractivity contribution in [2.45, 2.75) is 44.1 Å². The summed E-state index contributed by atoms with van der Waals surface area (Å²) in [6, 6.07) is 4.24. The van der Waals surface area contributed by atoms with Crippen LogP contribution in [0.2, 0.25) is 0 Å². The molecule has 0 saturated heterocycles. The standard InChI is InChI=1S/C11H16OS/c12-10-6-3-1-2-5-9(10)11-7-4-8-13-11/h4,7-10,12H,1-3,5-6H2/t9-,10-/m1/s1. The molecule has 0 aliphatic heterocycles. The molecule has 1 nitrogen and oxygen atoms in total. The topological polar surface area (TPSA) is 20.2 Å². The summed E-state index contributed by atoms with van der Waals surface area (Å²) < 4.78 is 0. The Bertz CT molecular complexity index is 243. The molecule has 0 unspecified atom stereocenters. The number of hydrogen-bond acceptors (Lipinski definition) is 2. The van der Waals surface area contributed by atoms with Crippen LogP contribution in [-0.2, 0) is 0 Å². The number of aliphatic hydroxyl groups is 1. The summed E-state index contributed by atoms with van der Waals surface area (Å²) in [5.74, 6) is 0.419. The molecule has 13 heavy (non-hydrogen) atoms. The van der Waals surface area contributed by atoms with E-state index < -0.39 is 0 Å². The highest BCUT2D eigenvalue weighted by atomic mass is 32.1. The summed E-state index contributed by atoms with van der Waals surface area (Å²) in [6.45, 7) is 0. The Morgan fingerprint density at radius 2 is 2.08 bits per heavy atom. The molecule has 2 rings (SSSR count). The van der Waals surface area contributed by atoms with Gasteiger partial charge in [-0.25, -0.2) is 0 Å². The third-order valence-electron chi connectivity index (χ3n) is 2.89. The Morgan fingerprint density at radius 3 is 2.85 bits per heavy atom. The molecule has 1 N–H and O–H groups in total. The van der Waals surface area contributed by atoms with Crippen LogP contribution in [0.3, 0.4) is 0 Å². The van der Waals surface area contributed by atoms with Crippen LogP contribution < -0.4 is 0 Å². The molecule has 72 valence electrons. The summed E-state index contributed by atoms with van der Waals surface area (Å²) in [4.78, 5) is 1.37. The van der Waals surface area contributed by atoms with Crippen molar-refractivity contribution < 1.29 is 5.11 Å². The van der Waals surface area contributed by atoms with Gasteiger partial charge in [0.05, 0.1) is 6.10 Å². The van der Waals surface area contributed by atoms with Gasteiger partial charge < -0.3 is 5.11 Å². The number of aliphatic hydroxyl groups excluding tert-OH is 1. The molecule has 1 fully saturated rings. The average molecular weight is 196 g/mol. The van der Waals surface area contributed by atoms with E-state index in [9.17, 15) is 5.11 Å². The number of thiophene rings is 1. The molecule has 1 aliphatic carbocycles. The van der Waals surface area contributed by atoms with E-state index >= 15 is 0 Å². The molecular weight excluding hydrogens is 180 g/mol. The van der Waals surface area contributed by atoms with Crippen LogP contribution in [0.5, 0.6) is 0 Å². The molecule has 2 heteroatoms. The number of hydrogen-bond donors (Lipinski definition) is 1. The van der Waals surface area contributed by atoms with Crippen molar-refractivity contribution in [2.75, 3.05) is 0 Å². The van der Waals surface area contributed by atoms with Gasteiger partial charge in [0.1, 0.15) is 0 Å². The fraction of sp³-hybridized carbons (Fsp3) is 0.636. The zero-order valence-corrected chi connectivity index (χ0v) is 8.59. The minimum absolute atomic E-state index is 0.0962. The highest BCUT2D eigenvalue weighted by Crippen LogP contribution is 2.34. The number of rotatable bonds is 1. The summed E-state index contributed by atoms with van der Waals surface area (Å²) in [5, 5.41) is 12.0. The first-order valence-electron chi connectivity index (χ1n) is 5.09. The van der Waals surface area contributed by atoms with Gasteiger partial charge in [0.25, 0.3) is 0 Å². The summed E-state index contributed by atoms with van der Waals surface area (Å²) in [5.41, 5.74) is 0. The van der Waals surface area contributed by atoms with E-state index in [-0.39, 0.29) is 6.10 Å². The van der Waals surface area contributed by atoms with E-state index in [2.05, 4.69) is 17.5 Å². The molecule has 1 aliphatic rings. The van der Waals surface area contributed by atoms with Crippen LogP contribution in [0.25, 0.3) is 0 Å². The largest absolute Gasteiger partial charge is 0.392 e. The average Bonchev–Trinajstić information content (AvgIpc) is 2.56. The molecule has 0 bridgehead atoms. The Kier molecular flexibility index (Phi) is 3.01. The zero-order chi connectivity index (χ0) is 9.10. The maximum atomic E-state index is 9.93. The van der Waals surface area contributed by atoms with E-state index in [1.807, 2.05) is 0 Å². The van der Waals surface area contributed by atoms with Crippen LogP contribution in [0, 0.1) is 0 Å². The normalized spacial score (nSPS) is 29.9. The summed E-state index contributed by atoms with van der Waals surface area (Å²) in [6.07, 6.45) is 5.83. The van der Waals surface area contributed by atoms with Gasteiger partial charge in [-0.3, -0.25) is 0 Å². The fourth-order valence-corrected chi connectivity index (χ4v) is 3.04. The Labute approximate surface area is 83.4 Å². The lowest BCUT2D eigenvalue weighted by molar-refractivity contribution is 0.136. The lowest BCUT2D eigenvalue weighted by atomic mass is 9.96. The minimum atomic E-state index is -0.0962. The first kappa shape index (κ1) is 9.22. The maximum absolute atomic E-state index is 9.93. The van der Waals surface area contributed by atoms with Crippen LogP contribution in [-0.4, -0.2) is 11.2 Å². The molecule has 0 amide bonds. The molecular formula is C11H16OS. The van der Waals surface area contributed by atoms with Gasteiger partial charge in [-0.05, 0) is 24.3 Å². The Morgan fingerprint density at radius 1 is 1.23 bits per heavy atom. The van der Waals surface area contributed by atoms with E-state index in [1.54, 1.807) is 11.3 Å². The summed E-state index contributed by atoms with van der Waals surface area (Å²) in [7, 11) is 0. The lowest BCUT2D eigenvalue weighted by Crippen LogP contribution is -2.15. The van der Waals surface area contributed by atoms with E-state index in [0.29, 0.717) is 5.92 Å². The molecule has 1 saturated carbocycles. The minimum Gasteiger partial charge on any atom is -0.392 e. The van der Waals surface area contributed by atoms with Crippen molar-refractivity contribution in [3.63, 3.8) is 0 Å². The van der Waals surface area contributed by atoms with Crippen molar-refractivity contribution >= 4 is 11.3 Å². The van der Waals surface area contributed by atoms with Gasteiger partial charge in [-0.15, -0.1) is 11.3 Å². The highest BCUT2D eigenvalue weighted by molar-refractivity contribution is 7.10. The SMILES string of the molecule is O[C@@H]1CCCCC[C@H]1c1cccs1. The van der Waals surface area contributed by atoms with E-state index in [1.165, 1.54) is 30.6 Å². The molecule has 1 aromatic heterocycles. The fourth-order valence-electron chi connectivity index (χ4n) is 2.12. The van der Waals surface area contributed by atoms with Crippen molar-refractivity contribution in [1.29, 1.82) is 0 Å². The molecule has 0 spiro atoms. The van der Waals surface area contributed by atoms with Crippen LogP contribution >= 0.6 is 11.3 Å². The van der Waals surface area contributed by atoms with Crippen molar-refractivity contribution in [3.8, 4) is 0 Å². The van der Waals surface area contributed by atoms with Crippen molar-refractivity contribution in [3.05, 3.63) is 22.4 Å². The smallest absolute Gasteiger partial charge is 0.0616 e. The molecule has 1 heterocycles. The van der Waals surface area contributed by atoms with Gasteiger partial charge in [-0.2, -0.15) is 0 Å². The molecule has 2 atom stereocenters. The predicted octanol–water partition coefficient (Wildman–Crippen LogP) is 3.16. The van der Waals surface area contributed by atoms with Gasteiger partial charge >= 0.3 is 0 Å². The molecule has 0 radical (unpaired) electrons. The lowest BCUT2D eigenvalue weighted by Gasteiger charge is -2.18. The molecule has 1 aromatic rings. The van der Waals surface area contributed by atoms with Gasteiger partial charge in [0, 0.05) is 10.8 Å². The van der Waals surface area contributed by atoms with Crippen LogP contribution in [0.1, 0.15) is 42.9 Å². The van der Waals surface area contributed by atoms with Gasteiger partial charge in [0.2, 0.25) is 0 Å². The predicted molar refractivity (Wildman–Crippen MR) is 56.2 cm³/mol. The monoisotopic (exact) mass is 196 g/mol. The quantitative estimate of drug-likeness (QED) is 0.684. The van der Waals surface area contributed by atoms with Crippen LogP contribution in [0.15, 0.2) is 17.5 Å². The van der Waals surface area contributed by atoms with E-state index in [0.717, 1.165) is 6.42 Å². The first-order valence-corrected chi connectivity index (χ1v) is 5.97. The van der Waals surface area contributed by atoms with Gasteiger partial charge in [0.15, 0.2) is 0 Å². The highest BCUT2D eigenvalue weighted by Gasteiger charge is 2.23. The third-order valence-corrected chi connectivity index (χ3v) is 3.89. The van der Waals surface area contributed by atoms with Crippen LogP contribution in [0.4, 0.5) is 0 Å². The zero-order valence-electron chi connectivity index (χ0n) is 7.78. The molecule has 0 aromatic carbocycles. The van der Waals surface area contributed by atoms with E-state index in [4.69, 9.17) is 0 Å². The second-order valence-electron chi connectivity index (χ2n) is 3.83. The first-order chi connectivity index (χ1) is 6.38. The Balaban J connectivity index is 2.11. The third kappa shape index (κ3) is 2.12. The second-order valence-corrected chi connectivity index (χ2v) is 4.81. The van der Waals surface area contributed by atoms with Crippen molar-refractivity contribution in [2.24, 2.45) is 0 Å².